The number of hydrogen-bond donors (Lipinski definition) is 4. The Labute approximate surface area is 416 Å². The Morgan fingerprint density at radius 1 is 0.443 bits per heavy atom. The summed E-state index contributed by atoms with van der Waals surface area (Å²) >= 11 is 0. The SMILES string of the molecule is CC1(C)CN2Cc3cccc(n3)CN3CC(C)(C)NC(=O)[C@@](C)(C2)OCCCO[C@]2(C)CNCC(C)(C)N4Cc5cccc(n5)CN(C2=O)C(C)(C)CNC[C@@](C)(OCCCO[C@](C)(C3)C(=O)N1)C4=O. The van der Waals surface area contributed by atoms with Gasteiger partial charge >= 0.3 is 0 Å². The topological polar surface area (TPSA) is 192 Å². The lowest BCUT2D eigenvalue weighted by Crippen LogP contribution is -2.66. The fourth-order valence-corrected chi connectivity index (χ4v) is 10.6. The highest BCUT2D eigenvalue weighted by Crippen LogP contribution is 2.31. The highest BCUT2D eigenvalue weighted by molar-refractivity contribution is 5.88. The fraction of sp³-hybridized carbons (Fsp3) is 0.731. The van der Waals surface area contributed by atoms with Crippen LogP contribution in [-0.2, 0) is 64.3 Å². The van der Waals surface area contributed by atoms with Gasteiger partial charge in [-0.3, -0.25) is 38.9 Å². The summed E-state index contributed by atoms with van der Waals surface area (Å²) in [5.41, 5.74) is -5.60. The molecule has 18 nitrogen and oxygen atoms in total. The van der Waals surface area contributed by atoms with Gasteiger partial charge in [-0.05, 0) is 120 Å². The van der Waals surface area contributed by atoms with Crippen molar-refractivity contribution in [2.75, 3.05) is 78.8 Å². The van der Waals surface area contributed by atoms with Gasteiger partial charge in [0.15, 0.2) is 22.4 Å². The van der Waals surface area contributed by atoms with Crippen molar-refractivity contribution in [2.45, 2.75) is 167 Å². The molecular weight excluding hydrogens is 893 g/mol. The summed E-state index contributed by atoms with van der Waals surface area (Å²) in [7, 11) is 0. The number of pyridine rings is 2. The molecule has 0 radical (unpaired) electrons. The minimum Gasteiger partial charge on any atom is -0.364 e. The van der Waals surface area contributed by atoms with Crippen molar-refractivity contribution in [1.82, 2.24) is 50.8 Å². The predicted octanol–water partition coefficient (Wildman–Crippen LogP) is 2.91. The third kappa shape index (κ3) is 12.5. The van der Waals surface area contributed by atoms with Gasteiger partial charge in [-0.15, -0.1) is 0 Å². The second-order valence-electron chi connectivity index (χ2n) is 23.8. The molecule has 0 aromatic carbocycles. The number of amides is 4. The molecule has 2 aromatic heterocycles. The summed E-state index contributed by atoms with van der Waals surface area (Å²) in [6.07, 6.45) is 0.737. The number of ether oxygens (including phenoxy) is 4. The molecular formula is C52H82N10O8. The average molecular weight is 975 g/mol. The molecule has 12 bridgehead atoms. The lowest BCUT2D eigenvalue weighted by Gasteiger charge is -2.46. The predicted molar refractivity (Wildman–Crippen MR) is 265 cm³/mol. The van der Waals surface area contributed by atoms with Crippen molar-refractivity contribution >= 4 is 23.6 Å². The number of carbonyl (C=O) groups is 4. The maximum atomic E-state index is 15.4. The summed E-state index contributed by atoms with van der Waals surface area (Å²) in [5.74, 6) is -0.958. The maximum Gasteiger partial charge on any atom is 0.256 e. The maximum absolute atomic E-state index is 15.4. The molecule has 388 valence electrons. The van der Waals surface area contributed by atoms with Crippen LogP contribution in [0.2, 0.25) is 0 Å². The van der Waals surface area contributed by atoms with Crippen LogP contribution in [0.1, 0.15) is 119 Å². The molecule has 4 saturated heterocycles. The minimum atomic E-state index is -1.36. The van der Waals surface area contributed by atoms with E-state index in [0.717, 1.165) is 11.4 Å². The van der Waals surface area contributed by atoms with Gasteiger partial charge in [0.2, 0.25) is 0 Å². The molecule has 10 rings (SSSR count). The zero-order valence-corrected chi connectivity index (χ0v) is 44.1. The Hall–Kier alpha value is -4.14. The second-order valence-corrected chi connectivity index (χ2v) is 23.8. The van der Waals surface area contributed by atoms with Gasteiger partial charge in [-0.2, -0.15) is 0 Å². The minimum absolute atomic E-state index is 0.145. The highest BCUT2D eigenvalue weighted by atomic mass is 16.5. The van der Waals surface area contributed by atoms with Crippen LogP contribution < -0.4 is 21.3 Å². The summed E-state index contributed by atoms with van der Waals surface area (Å²) in [6.45, 7) is 27.0. The van der Waals surface area contributed by atoms with Gasteiger partial charge in [0.1, 0.15) is 0 Å². The van der Waals surface area contributed by atoms with E-state index in [-0.39, 0.29) is 89.3 Å². The first-order valence-electron chi connectivity index (χ1n) is 25.3. The molecule has 0 aliphatic carbocycles. The van der Waals surface area contributed by atoms with Crippen molar-refractivity contribution in [1.29, 1.82) is 0 Å². The Bertz CT molecular complexity index is 2080. The molecule has 70 heavy (non-hydrogen) atoms. The summed E-state index contributed by atoms with van der Waals surface area (Å²) < 4.78 is 27.0. The molecule has 0 saturated carbocycles. The Kier molecular flexibility index (Phi) is 15.6. The Balaban J connectivity index is 1.34. The Morgan fingerprint density at radius 2 is 0.771 bits per heavy atom. The van der Waals surface area contributed by atoms with Crippen LogP contribution in [0.3, 0.4) is 0 Å². The van der Waals surface area contributed by atoms with Gasteiger partial charge in [0.25, 0.3) is 23.6 Å². The molecule has 4 amide bonds. The molecule has 2 aromatic rings. The first-order valence-corrected chi connectivity index (χ1v) is 25.3. The van der Waals surface area contributed by atoms with Crippen LogP contribution in [0.25, 0.3) is 0 Å². The number of rotatable bonds is 0. The highest BCUT2D eigenvalue weighted by Gasteiger charge is 2.49. The van der Waals surface area contributed by atoms with Crippen molar-refractivity contribution in [3.63, 3.8) is 0 Å². The van der Waals surface area contributed by atoms with E-state index in [1.807, 2.05) is 129 Å². The molecule has 0 spiro atoms. The van der Waals surface area contributed by atoms with E-state index in [2.05, 4.69) is 31.1 Å². The van der Waals surface area contributed by atoms with Crippen molar-refractivity contribution in [2.24, 2.45) is 0 Å². The molecule has 4 fully saturated rings. The first kappa shape index (κ1) is 53.7. The first-order chi connectivity index (χ1) is 32.6. The van der Waals surface area contributed by atoms with E-state index in [4.69, 9.17) is 28.9 Å². The van der Waals surface area contributed by atoms with Crippen LogP contribution in [-0.4, -0.2) is 177 Å². The van der Waals surface area contributed by atoms with E-state index in [1.54, 1.807) is 0 Å². The summed E-state index contributed by atoms with van der Waals surface area (Å²) in [5, 5.41) is 13.8. The van der Waals surface area contributed by atoms with Gasteiger partial charge in [-0.1, -0.05) is 12.1 Å². The van der Waals surface area contributed by atoms with Gasteiger partial charge in [0, 0.05) is 76.5 Å². The van der Waals surface area contributed by atoms with Crippen LogP contribution in [0.5, 0.6) is 0 Å². The van der Waals surface area contributed by atoms with Crippen molar-refractivity contribution in [3.8, 4) is 0 Å². The van der Waals surface area contributed by atoms with E-state index in [0.29, 0.717) is 63.5 Å². The third-order valence-corrected chi connectivity index (χ3v) is 14.4. The van der Waals surface area contributed by atoms with E-state index in [9.17, 15) is 9.59 Å². The van der Waals surface area contributed by atoms with Gasteiger partial charge in [-0.25, -0.2) is 0 Å². The molecule has 8 aliphatic heterocycles. The number of nitrogens with zero attached hydrogens (tertiary/aromatic N) is 6. The average Bonchev–Trinajstić information content (AvgIpc) is 3.25. The Morgan fingerprint density at radius 3 is 1.13 bits per heavy atom. The van der Waals surface area contributed by atoms with Crippen LogP contribution in [0.15, 0.2) is 36.4 Å². The molecule has 6 atom stereocenters. The normalized spacial score (nSPS) is 33.9. The summed E-state index contributed by atoms with van der Waals surface area (Å²) in [4.78, 5) is 78.6. The molecule has 2 unspecified atom stereocenters. The van der Waals surface area contributed by atoms with E-state index >= 15 is 9.59 Å². The third-order valence-electron chi connectivity index (χ3n) is 14.4. The smallest absolute Gasteiger partial charge is 0.256 e. The quantitative estimate of drug-likeness (QED) is 0.302. The monoisotopic (exact) mass is 975 g/mol. The number of carbonyl (C=O) groups excluding carboxylic acids is 4. The van der Waals surface area contributed by atoms with Crippen LogP contribution in [0.4, 0.5) is 0 Å². The number of nitrogens with one attached hydrogen (secondary N) is 4. The van der Waals surface area contributed by atoms with Crippen LogP contribution >= 0.6 is 0 Å². The number of aromatic nitrogens is 2. The number of hydrogen-bond acceptors (Lipinski definition) is 14. The molecule has 4 N–H and O–H groups in total. The van der Waals surface area contributed by atoms with Crippen molar-refractivity contribution < 1.29 is 38.1 Å². The van der Waals surface area contributed by atoms with Gasteiger partial charge < -0.3 is 50.0 Å². The standard InChI is InChI=1S/C52H82N10O8/c1-45(2)33-59-25-37-17-13-18-38(55-37)26-60-34-46(3,4)58-42(64)52(12,35-59)70-24-16-22-68-50(10)32-54-30-47(5,6)61-27-39-19-14-20-40(56-39)28-62(44(50)66)48(7,8)29-53-31-49(9,43(61)65)67-21-15-23-69-51(11,36-60)41(63)57-45/h13-14,17-20,53-54H,15-16,21-36H2,1-12H3,(H,57,63)(H,58,64)/t49-,50-,51-,52-/m1/s1. The molecule has 8 aliphatic rings. The van der Waals surface area contributed by atoms with E-state index < -0.39 is 44.6 Å². The van der Waals surface area contributed by atoms with Crippen LogP contribution in [0, 0.1) is 0 Å². The lowest BCUT2D eigenvalue weighted by molar-refractivity contribution is -0.168. The lowest BCUT2D eigenvalue weighted by atomic mass is 9.93. The molecule has 10 heterocycles. The van der Waals surface area contributed by atoms with Gasteiger partial charge in [0.05, 0.1) is 73.4 Å². The largest absolute Gasteiger partial charge is 0.364 e. The fourth-order valence-electron chi connectivity index (χ4n) is 10.6. The molecule has 18 heteroatoms. The van der Waals surface area contributed by atoms with Crippen molar-refractivity contribution in [3.05, 3.63) is 59.2 Å². The zero-order valence-electron chi connectivity index (χ0n) is 44.1. The van der Waals surface area contributed by atoms with E-state index in [1.165, 1.54) is 0 Å². The zero-order chi connectivity index (χ0) is 51.0. The summed E-state index contributed by atoms with van der Waals surface area (Å²) in [6, 6.07) is 11.7. The second kappa shape index (κ2) is 20.4.